The van der Waals surface area contributed by atoms with Crippen LogP contribution in [0.15, 0.2) is 69.9 Å². The number of halogens is 1. The molecule has 0 aliphatic rings. The van der Waals surface area contributed by atoms with E-state index in [9.17, 15) is 9.59 Å². The highest BCUT2D eigenvalue weighted by Crippen LogP contribution is 2.25. The number of para-hydroxylation sites is 1. The number of amides is 1. The molecule has 9 heteroatoms. The predicted octanol–water partition coefficient (Wildman–Crippen LogP) is 4.70. The molecular weight excluding hydrogens is 440 g/mol. The second-order valence-electron chi connectivity index (χ2n) is 6.14. The number of nitrogens with zero attached hydrogens (tertiary/aromatic N) is 3. The molecule has 0 saturated heterocycles. The Morgan fingerprint density at radius 1 is 1.23 bits per heavy atom. The van der Waals surface area contributed by atoms with E-state index in [-0.39, 0.29) is 17.2 Å². The van der Waals surface area contributed by atoms with Crippen LogP contribution in [0.4, 0.5) is 5.00 Å². The molecule has 2 aromatic carbocycles. The second-order valence-corrected chi connectivity index (χ2v) is 8.44. The van der Waals surface area contributed by atoms with E-state index in [1.807, 2.05) is 6.07 Å². The lowest BCUT2D eigenvalue weighted by Crippen LogP contribution is -2.23. The summed E-state index contributed by atoms with van der Waals surface area (Å²) in [6.45, 7) is 0. The largest absolute Gasteiger partial charge is 0.316 e. The van der Waals surface area contributed by atoms with Crippen LogP contribution in [0.3, 0.4) is 0 Å². The number of benzene rings is 2. The van der Waals surface area contributed by atoms with Crippen molar-refractivity contribution in [2.24, 2.45) is 0 Å². The van der Waals surface area contributed by atoms with Crippen molar-refractivity contribution in [2.45, 2.75) is 5.16 Å². The Morgan fingerprint density at radius 2 is 2.07 bits per heavy atom. The molecule has 2 heterocycles. The highest BCUT2D eigenvalue weighted by molar-refractivity contribution is 7.99. The molecule has 0 saturated carbocycles. The van der Waals surface area contributed by atoms with Crippen molar-refractivity contribution in [1.29, 1.82) is 5.26 Å². The molecule has 1 N–H and O–H groups in total. The molecule has 0 spiro atoms. The van der Waals surface area contributed by atoms with Crippen LogP contribution in [0.5, 0.6) is 0 Å². The lowest BCUT2D eigenvalue weighted by Gasteiger charge is -2.13. The first-order valence-corrected chi connectivity index (χ1v) is 11.0. The number of nitrogens with one attached hydrogen (secondary N) is 1. The minimum absolute atomic E-state index is 0.0219. The number of anilines is 1. The summed E-state index contributed by atoms with van der Waals surface area (Å²) >= 11 is 8.54. The van der Waals surface area contributed by atoms with Crippen LogP contribution in [-0.4, -0.2) is 21.2 Å². The summed E-state index contributed by atoms with van der Waals surface area (Å²) in [7, 11) is 0. The van der Waals surface area contributed by atoms with Crippen molar-refractivity contribution in [1.82, 2.24) is 9.55 Å². The van der Waals surface area contributed by atoms with E-state index in [1.54, 1.807) is 60.0 Å². The van der Waals surface area contributed by atoms with Crippen molar-refractivity contribution in [3.05, 3.63) is 80.9 Å². The second kappa shape index (κ2) is 8.71. The maximum absolute atomic E-state index is 13.2. The highest BCUT2D eigenvalue weighted by Gasteiger charge is 2.16. The molecule has 0 bridgehead atoms. The van der Waals surface area contributed by atoms with E-state index >= 15 is 0 Å². The van der Waals surface area contributed by atoms with Crippen molar-refractivity contribution in [3.63, 3.8) is 0 Å². The van der Waals surface area contributed by atoms with Crippen molar-refractivity contribution in [3.8, 4) is 11.8 Å². The van der Waals surface area contributed by atoms with Gasteiger partial charge in [-0.2, -0.15) is 5.26 Å². The first-order chi connectivity index (χ1) is 14.6. The summed E-state index contributed by atoms with van der Waals surface area (Å²) in [6.07, 6.45) is 0. The minimum atomic E-state index is -0.293. The number of aromatic nitrogens is 2. The van der Waals surface area contributed by atoms with E-state index in [0.29, 0.717) is 37.3 Å². The number of carbonyl (C=O) groups is 1. The van der Waals surface area contributed by atoms with E-state index in [1.165, 1.54) is 15.9 Å². The topological polar surface area (TPSA) is 87.8 Å². The lowest BCUT2D eigenvalue weighted by molar-refractivity contribution is -0.113. The van der Waals surface area contributed by atoms with E-state index < -0.39 is 0 Å². The summed E-state index contributed by atoms with van der Waals surface area (Å²) in [4.78, 5) is 30.2. The molecule has 0 aliphatic heterocycles. The Bertz CT molecular complexity index is 1360. The number of rotatable bonds is 5. The van der Waals surface area contributed by atoms with Crippen LogP contribution in [0.2, 0.25) is 5.02 Å². The van der Waals surface area contributed by atoms with Crippen LogP contribution >= 0.6 is 34.7 Å². The number of thioether (sulfide) groups is 1. The van der Waals surface area contributed by atoms with Crippen molar-refractivity contribution >= 4 is 56.5 Å². The van der Waals surface area contributed by atoms with Gasteiger partial charge in [-0.15, -0.1) is 11.3 Å². The average Bonchev–Trinajstić information content (AvgIpc) is 3.19. The van der Waals surface area contributed by atoms with Crippen LogP contribution in [0.1, 0.15) is 5.56 Å². The van der Waals surface area contributed by atoms with E-state index in [0.717, 1.165) is 11.8 Å². The fraction of sp³-hybridized carbons (Fsp3) is 0.0476. The van der Waals surface area contributed by atoms with Gasteiger partial charge in [0.15, 0.2) is 5.16 Å². The third kappa shape index (κ3) is 4.09. The first-order valence-electron chi connectivity index (χ1n) is 8.75. The van der Waals surface area contributed by atoms with Gasteiger partial charge in [-0.3, -0.25) is 14.2 Å². The summed E-state index contributed by atoms with van der Waals surface area (Å²) in [5.74, 6) is -0.271. The van der Waals surface area contributed by atoms with Gasteiger partial charge in [0.2, 0.25) is 5.91 Å². The van der Waals surface area contributed by atoms with Gasteiger partial charge in [-0.1, -0.05) is 41.6 Å². The number of thiophene rings is 1. The molecule has 0 unspecified atom stereocenters. The highest BCUT2D eigenvalue weighted by atomic mass is 35.5. The van der Waals surface area contributed by atoms with E-state index in [4.69, 9.17) is 16.9 Å². The summed E-state index contributed by atoms with van der Waals surface area (Å²) in [5.41, 5.74) is 1.29. The predicted molar refractivity (Wildman–Crippen MR) is 121 cm³/mol. The molecule has 148 valence electrons. The molecule has 0 fully saturated rings. The summed E-state index contributed by atoms with van der Waals surface area (Å²) in [6, 6.07) is 17.7. The zero-order valence-corrected chi connectivity index (χ0v) is 17.7. The van der Waals surface area contributed by atoms with Gasteiger partial charge in [0.05, 0.1) is 27.9 Å². The van der Waals surface area contributed by atoms with Gasteiger partial charge in [0, 0.05) is 5.02 Å². The fourth-order valence-corrected chi connectivity index (χ4v) is 4.59. The van der Waals surface area contributed by atoms with Crippen molar-refractivity contribution < 1.29 is 4.79 Å². The SMILES string of the molecule is N#Cc1ccsc1NC(=O)CSc1nc2ccccc2c(=O)n1-c1cccc(Cl)c1. The lowest BCUT2D eigenvalue weighted by atomic mass is 10.2. The molecule has 0 atom stereocenters. The van der Waals surface area contributed by atoms with Crippen LogP contribution in [0, 0.1) is 11.3 Å². The van der Waals surface area contributed by atoms with Gasteiger partial charge in [0.1, 0.15) is 11.1 Å². The molecule has 2 aromatic heterocycles. The maximum atomic E-state index is 13.2. The molecule has 1 amide bonds. The maximum Gasteiger partial charge on any atom is 0.266 e. The monoisotopic (exact) mass is 452 g/mol. The number of fused-ring (bicyclic) bond motifs is 1. The third-order valence-corrected chi connectivity index (χ3v) is 6.19. The normalized spacial score (nSPS) is 10.7. The molecule has 4 rings (SSSR count). The van der Waals surface area contributed by atoms with Crippen LogP contribution < -0.4 is 10.9 Å². The Kier molecular flexibility index (Phi) is 5.86. The average molecular weight is 453 g/mol. The van der Waals surface area contributed by atoms with Gasteiger partial charge in [0.25, 0.3) is 5.56 Å². The standard InChI is InChI=1S/C21H13ClN4O2S2/c22-14-4-3-5-15(10-14)26-20(28)16-6-1-2-7-17(16)24-21(26)30-12-18(27)25-19-13(11-23)8-9-29-19/h1-10H,12H2,(H,25,27). The van der Waals surface area contributed by atoms with Gasteiger partial charge >= 0.3 is 0 Å². The van der Waals surface area contributed by atoms with Crippen LogP contribution in [0.25, 0.3) is 16.6 Å². The Labute approximate surface area is 184 Å². The molecule has 0 aliphatic carbocycles. The Balaban J connectivity index is 1.69. The van der Waals surface area contributed by atoms with Crippen molar-refractivity contribution in [2.75, 3.05) is 11.1 Å². The summed E-state index contributed by atoms with van der Waals surface area (Å²) < 4.78 is 1.46. The number of nitriles is 1. The van der Waals surface area contributed by atoms with Crippen LogP contribution in [-0.2, 0) is 4.79 Å². The zero-order valence-electron chi connectivity index (χ0n) is 15.3. The van der Waals surface area contributed by atoms with Gasteiger partial charge < -0.3 is 5.32 Å². The smallest absolute Gasteiger partial charge is 0.266 e. The van der Waals surface area contributed by atoms with Gasteiger partial charge in [-0.05, 0) is 41.8 Å². The number of hydrogen-bond acceptors (Lipinski definition) is 6. The van der Waals surface area contributed by atoms with Gasteiger partial charge in [-0.25, -0.2) is 4.98 Å². The summed E-state index contributed by atoms with van der Waals surface area (Å²) in [5, 5.41) is 15.4. The molecule has 4 aromatic rings. The quantitative estimate of drug-likeness (QED) is 0.350. The Hall–Kier alpha value is -3.12. The Morgan fingerprint density at radius 3 is 2.87 bits per heavy atom. The molecule has 6 nitrogen and oxygen atoms in total. The van der Waals surface area contributed by atoms with E-state index in [2.05, 4.69) is 10.3 Å². The molecular formula is C21H13ClN4O2S2. The molecule has 30 heavy (non-hydrogen) atoms. The minimum Gasteiger partial charge on any atom is -0.316 e. The third-order valence-electron chi connectivity index (χ3n) is 4.18. The zero-order chi connectivity index (χ0) is 21.1. The molecule has 0 radical (unpaired) electrons. The first kappa shape index (κ1) is 20.2. The fourth-order valence-electron chi connectivity index (χ4n) is 2.84. The number of carbonyl (C=O) groups excluding carboxylic acids is 1. The number of hydrogen-bond donors (Lipinski definition) is 1.